The summed E-state index contributed by atoms with van der Waals surface area (Å²) in [7, 11) is 0. The summed E-state index contributed by atoms with van der Waals surface area (Å²) in [6.07, 6.45) is 0. The Labute approximate surface area is 159 Å². The Morgan fingerprint density at radius 3 is 2.30 bits per heavy atom. The van der Waals surface area contributed by atoms with E-state index < -0.39 is 0 Å². The maximum atomic E-state index is 12.7. The molecule has 3 rings (SSSR count). The average Bonchev–Trinajstić information content (AvgIpc) is 2.69. The van der Waals surface area contributed by atoms with Crippen molar-refractivity contribution in [1.82, 2.24) is 0 Å². The molecular weight excluding hydrogens is 338 g/mol. The van der Waals surface area contributed by atoms with Crippen molar-refractivity contribution in [3.63, 3.8) is 0 Å². The lowest BCUT2D eigenvalue weighted by Gasteiger charge is -2.13. The number of nitrogens with one attached hydrogen (secondary N) is 1. The van der Waals surface area contributed by atoms with Crippen LogP contribution in [0.3, 0.4) is 0 Å². The number of rotatable bonds is 7. The van der Waals surface area contributed by atoms with E-state index in [1.165, 1.54) is 5.56 Å². The quantitative estimate of drug-likeness (QED) is 0.602. The first-order chi connectivity index (χ1) is 13.1. The van der Waals surface area contributed by atoms with Crippen LogP contribution in [0.2, 0.25) is 0 Å². The molecule has 0 spiro atoms. The third kappa shape index (κ3) is 5.11. The van der Waals surface area contributed by atoms with Gasteiger partial charge < -0.3 is 14.8 Å². The van der Waals surface area contributed by atoms with Crippen LogP contribution < -0.4 is 14.8 Å². The highest BCUT2D eigenvalue weighted by atomic mass is 16.5. The maximum Gasteiger partial charge on any atom is 0.259 e. The number of benzene rings is 3. The van der Waals surface area contributed by atoms with Crippen LogP contribution in [-0.4, -0.2) is 19.1 Å². The molecule has 4 nitrogen and oxygen atoms in total. The molecule has 0 atom stereocenters. The van der Waals surface area contributed by atoms with Gasteiger partial charge in [-0.1, -0.05) is 36.4 Å². The minimum atomic E-state index is -0.196. The van der Waals surface area contributed by atoms with Crippen molar-refractivity contribution in [3.8, 4) is 11.5 Å². The molecule has 0 bridgehead atoms. The van der Waals surface area contributed by atoms with E-state index in [0.29, 0.717) is 24.5 Å². The van der Waals surface area contributed by atoms with Crippen LogP contribution in [0.5, 0.6) is 11.5 Å². The predicted molar refractivity (Wildman–Crippen MR) is 108 cm³/mol. The fourth-order valence-corrected chi connectivity index (χ4v) is 2.63. The van der Waals surface area contributed by atoms with Gasteiger partial charge in [0, 0.05) is 5.69 Å². The van der Waals surface area contributed by atoms with Crippen molar-refractivity contribution in [2.45, 2.75) is 13.8 Å². The largest absolute Gasteiger partial charge is 0.490 e. The SMILES string of the molecule is Cc1ccc(NC(=O)c2ccccc2OCCOc2ccccc2)cc1C. The number of anilines is 1. The minimum Gasteiger partial charge on any atom is -0.490 e. The molecule has 0 heterocycles. The maximum absolute atomic E-state index is 12.7. The van der Waals surface area contributed by atoms with E-state index >= 15 is 0 Å². The van der Waals surface area contributed by atoms with Gasteiger partial charge in [-0.25, -0.2) is 0 Å². The first kappa shape index (κ1) is 18.5. The predicted octanol–water partition coefficient (Wildman–Crippen LogP) is 5.01. The molecule has 4 heteroatoms. The molecule has 0 saturated carbocycles. The summed E-state index contributed by atoms with van der Waals surface area (Å²) in [4.78, 5) is 12.7. The summed E-state index contributed by atoms with van der Waals surface area (Å²) in [5.41, 5.74) is 3.59. The molecule has 0 aromatic heterocycles. The standard InChI is InChI=1S/C23H23NO3/c1-17-12-13-19(16-18(17)2)24-23(25)21-10-6-7-11-22(21)27-15-14-26-20-8-4-3-5-9-20/h3-13,16H,14-15H2,1-2H3,(H,24,25). The van der Waals surface area contributed by atoms with Gasteiger partial charge in [-0.05, 0) is 61.4 Å². The molecule has 1 amide bonds. The highest BCUT2D eigenvalue weighted by Gasteiger charge is 2.12. The number of para-hydroxylation sites is 2. The zero-order valence-electron chi connectivity index (χ0n) is 15.6. The van der Waals surface area contributed by atoms with Crippen molar-refractivity contribution in [3.05, 3.63) is 89.5 Å². The Morgan fingerprint density at radius 1 is 0.815 bits per heavy atom. The zero-order valence-corrected chi connectivity index (χ0v) is 15.6. The Hall–Kier alpha value is -3.27. The molecule has 0 unspecified atom stereocenters. The summed E-state index contributed by atoms with van der Waals surface area (Å²) >= 11 is 0. The van der Waals surface area contributed by atoms with Crippen LogP contribution in [0.1, 0.15) is 21.5 Å². The molecule has 3 aromatic rings. The zero-order chi connectivity index (χ0) is 19.1. The monoisotopic (exact) mass is 361 g/mol. The van der Waals surface area contributed by atoms with Gasteiger partial charge in [0.05, 0.1) is 5.56 Å². The summed E-state index contributed by atoms with van der Waals surface area (Å²) < 4.78 is 11.4. The summed E-state index contributed by atoms with van der Waals surface area (Å²) in [5.74, 6) is 1.13. The molecule has 0 aliphatic rings. The van der Waals surface area contributed by atoms with Gasteiger partial charge in [0.2, 0.25) is 0 Å². The van der Waals surface area contributed by atoms with Gasteiger partial charge in [0.25, 0.3) is 5.91 Å². The number of hydrogen-bond donors (Lipinski definition) is 1. The number of hydrogen-bond acceptors (Lipinski definition) is 3. The number of amides is 1. The van der Waals surface area contributed by atoms with E-state index in [9.17, 15) is 4.79 Å². The fraction of sp³-hybridized carbons (Fsp3) is 0.174. The van der Waals surface area contributed by atoms with Gasteiger partial charge in [-0.3, -0.25) is 4.79 Å². The third-order valence-electron chi connectivity index (χ3n) is 4.25. The van der Waals surface area contributed by atoms with Crippen LogP contribution >= 0.6 is 0 Å². The third-order valence-corrected chi connectivity index (χ3v) is 4.25. The van der Waals surface area contributed by atoms with Crippen LogP contribution in [0, 0.1) is 13.8 Å². The lowest BCUT2D eigenvalue weighted by atomic mass is 10.1. The van der Waals surface area contributed by atoms with Crippen molar-refractivity contribution in [2.75, 3.05) is 18.5 Å². The Morgan fingerprint density at radius 2 is 1.52 bits per heavy atom. The van der Waals surface area contributed by atoms with E-state index in [-0.39, 0.29) is 5.91 Å². The lowest BCUT2D eigenvalue weighted by molar-refractivity contribution is 0.102. The van der Waals surface area contributed by atoms with Crippen molar-refractivity contribution in [1.29, 1.82) is 0 Å². The van der Waals surface area contributed by atoms with E-state index in [1.807, 2.05) is 74.5 Å². The van der Waals surface area contributed by atoms with Crippen LogP contribution in [0.4, 0.5) is 5.69 Å². The molecular formula is C23H23NO3. The van der Waals surface area contributed by atoms with Gasteiger partial charge in [0.15, 0.2) is 0 Å². The second-order valence-corrected chi connectivity index (χ2v) is 6.26. The molecule has 0 fully saturated rings. The van der Waals surface area contributed by atoms with Gasteiger partial charge in [-0.15, -0.1) is 0 Å². The Kier molecular flexibility index (Phi) is 6.10. The molecule has 0 aliphatic carbocycles. The molecule has 0 saturated heterocycles. The van der Waals surface area contributed by atoms with E-state index in [2.05, 4.69) is 5.32 Å². The molecule has 138 valence electrons. The van der Waals surface area contributed by atoms with Crippen molar-refractivity contribution >= 4 is 11.6 Å². The molecule has 0 aliphatic heterocycles. The topological polar surface area (TPSA) is 47.6 Å². The summed E-state index contributed by atoms with van der Waals surface area (Å²) in [6.45, 7) is 4.82. The van der Waals surface area contributed by atoms with Crippen LogP contribution in [0.15, 0.2) is 72.8 Å². The van der Waals surface area contributed by atoms with E-state index in [0.717, 1.165) is 17.0 Å². The van der Waals surface area contributed by atoms with Gasteiger partial charge >= 0.3 is 0 Å². The van der Waals surface area contributed by atoms with Crippen molar-refractivity contribution in [2.24, 2.45) is 0 Å². The Bertz CT molecular complexity index is 907. The van der Waals surface area contributed by atoms with E-state index in [4.69, 9.17) is 9.47 Å². The summed E-state index contributed by atoms with van der Waals surface area (Å²) in [6, 6.07) is 22.6. The first-order valence-electron chi connectivity index (χ1n) is 8.92. The van der Waals surface area contributed by atoms with Crippen molar-refractivity contribution < 1.29 is 14.3 Å². The van der Waals surface area contributed by atoms with Gasteiger partial charge in [0.1, 0.15) is 24.7 Å². The lowest BCUT2D eigenvalue weighted by Crippen LogP contribution is -2.15. The summed E-state index contributed by atoms with van der Waals surface area (Å²) in [5, 5.41) is 2.93. The number of carbonyl (C=O) groups is 1. The molecule has 3 aromatic carbocycles. The second-order valence-electron chi connectivity index (χ2n) is 6.26. The molecule has 27 heavy (non-hydrogen) atoms. The van der Waals surface area contributed by atoms with Gasteiger partial charge in [-0.2, -0.15) is 0 Å². The molecule has 0 radical (unpaired) electrons. The number of carbonyl (C=O) groups excluding carboxylic acids is 1. The highest BCUT2D eigenvalue weighted by molar-refractivity contribution is 6.06. The average molecular weight is 361 g/mol. The minimum absolute atomic E-state index is 0.196. The fourth-order valence-electron chi connectivity index (χ4n) is 2.63. The Balaban J connectivity index is 1.60. The smallest absolute Gasteiger partial charge is 0.259 e. The van der Waals surface area contributed by atoms with E-state index in [1.54, 1.807) is 12.1 Å². The number of ether oxygens (including phenoxy) is 2. The second kappa shape index (κ2) is 8.90. The van der Waals surface area contributed by atoms with Crippen LogP contribution in [-0.2, 0) is 0 Å². The molecule has 1 N–H and O–H groups in total. The normalized spacial score (nSPS) is 10.3. The number of aryl methyl sites for hydroxylation is 2. The van der Waals surface area contributed by atoms with Crippen LogP contribution in [0.25, 0.3) is 0 Å². The first-order valence-corrected chi connectivity index (χ1v) is 8.92. The highest BCUT2D eigenvalue weighted by Crippen LogP contribution is 2.21.